The molecule has 0 spiro atoms. The predicted octanol–water partition coefficient (Wildman–Crippen LogP) is 2.25. The van der Waals surface area contributed by atoms with E-state index in [9.17, 15) is 0 Å². The Bertz CT molecular complexity index is 282. The van der Waals surface area contributed by atoms with Gasteiger partial charge in [-0.3, -0.25) is 0 Å². The van der Waals surface area contributed by atoms with E-state index < -0.39 is 0 Å². The van der Waals surface area contributed by atoms with Crippen LogP contribution in [0.5, 0.6) is 0 Å². The third-order valence-electron chi connectivity index (χ3n) is 2.25. The molecule has 0 atom stereocenters. The summed E-state index contributed by atoms with van der Waals surface area (Å²) in [6.45, 7) is 5.28. The fourth-order valence-electron chi connectivity index (χ4n) is 1.61. The molecule has 2 nitrogen and oxygen atoms in total. The van der Waals surface area contributed by atoms with Crippen LogP contribution in [-0.2, 0) is 13.1 Å². The van der Waals surface area contributed by atoms with Crippen LogP contribution in [0.2, 0.25) is 0 Å². The first-order valence-corrected chi connectivity index (χ1v) is 5.65. The van der Waals surface area contributed by atoms with Gasteiger partial charge in [-0.25, -0.2) is 0 Å². The second-order valence-corrected chi connectivity index (χ2v) is 4.23. The molecule has 0 heterocycles. The molecule has 1 aromatic rings. The van der Waals surface area contributed by atoms with E-state index in [1.807, 2.05) is 0 Å². The monoisotopic (exact) mass is 206 g/mol. The zero-order valence-electron chi connectivity index (χ0n) is 10.1. The van der Waals surface area contributed by atoms with Crippen molar-refractivity contribution in [1.29, 1.82) is 0 Å². The van der Waals surface area contributed by atoms with E-state index in [4.69, 9.17) is 0 Å². The molecule has 1 rings (SSSR count). The summed E-state index contributed by atoms with van der Waals surface area (Å²) >= 11 is 0. The zero-order chi connectivity index (χ0) is 11.1. The van der Waals surface area contributed by atoms with E-state index in [1.165, 1.54) is 17.5 Å². The molecule has 0 saturated carbocycles. The quantitative estimate of drug-likeness (QED) is 0.718. The van der Waals surface area contributed by atoms with Gasteiger partial charge in [-0.05, 0) is 38.2 Å². The minimum Gasteiger partial charge on any atom is -0.313 e. The molecule has 0 unspecified atom stereocenters. The lowest BCUT2D eigenvalue weighted by atomic mass is 10.1. The molecule has 15 heavy (non-hydrogen) atoms. The second kappa shape index (κ2) is 6.59. The van der Waals surface area contributed by atoms with Crippen LogP contribution in [0.15, 0.2) is 24.3 Å². The first-order chi connectivity index (χ1) is 7.22. The maximum Gasteiger partial charge on any atom is 0.0227 e. The predicted molar refractivity (Wildman–Crippen MR) is 65.8 cm³/mol. The van der Waals surface area contributed by atoms with E-state index >= 15 is 0 Å². The fraction of sp³-hybridized carbons (Fsp3) is 0.538. The van der Waals surface area contributed by atoms with Crippen molar-refractivity contribution in [2.24, 2.45) is 0 Å². The minimum absolute atomic E-state index is 0.981. The number of rotatable bonds is 6. The highest BCUT2D eigenvalue weighted by Crippen LogP contribution is 2.06. The summed E-state index contributed by atoms with van der Waals surface area (Å²) in [4.78, 5) is 2.19. The smallest absolute Gasteiger partial charge is 0.0227 e. The Labute approximate surface area is 93.3 Å². The van der Waals surface area contributed by atoms with Crippen LogP contribution >= 0.6 is 0 Å². The average Bonchev–Trinajstić information content (AvgIpc) is 2.18. The molecule has 0 fully saturated rings. The van der Waals surface area contributed by atoms with Gasteiger partial charge in [-0.15, -0.1) is 0 Å². The van der Waals surface area contributed by atoms with Crippen molar-refractivity contribution in [1.82, 2.24) is 10.2 Å². The maximum atomic E-state index is 3.42. The number of benzene rings is 1. The molecule has 0 bridgehead atoms. The molecular weight excluding hydrogens is 184 g/mol. The number of hydrogen-bond acceptors (Lipinski definition) is 2. The molecule has 84 valence electrons. The van der Waals surface area contributed by atoms with Crippen molar-refractivity contribution in [2.45, 2.75) is 26.4 Å². The van der Waals surface area contributed by atoms with Crippen LogP contribution in [0.1, 0.15) is 24.5 Å². The maximum absolute atomic E-state index is 3.42. The van der Waals surface area contributed by atoms with Crippen LogP contribution < -0.4 is 5.32 Å². The molecule has 0 aliphatic rings. The summed E-state index contributed by atoms with van der Waals surface area (Å²) in [5, 5.41) is 3.42. The summed E-state index contributed by atoms with van der Waals surface area (Å²) in [7, 11) is 4.20. The van der Waals surface area contributed by atoms with Crippen molar-refractivity contribution in [2.75, 3.05) is 20.6 Å². The molecule has 1 N–H and O–H groups in total. The molecule has 1 aromatic carbocycles. The van der Waals surface area contributed by atoms with Gasteiger partial charge < -0.3 is 10.2 Å². The average molecular weight is 206 g/mol. The highest BCUT2D eigenvalue weighted by Gasteiger charge is 1.97. The number of hydrogen-bond donors (Lipinski definition) is 1. The van der Waals surface area contributed by atoms with Gasteiger partial charge >= 0.3 is 0 Å². The van der Waals surface area contributed by atoms with Gasteiger partial charge in [0, 0.05) is 13.1 Å². The largest absolute Gasteiger partial charge is 0.313 e. The third-order valence-corrected chi connectivity index (χ3v) is 2.25. The molecule has 0 aliphatic carbocycles. The molecule has 0 aliphatic heterocycles. The Morgan fingerprint density at radius 1 is 1.20 bits per heavy atom. The van der Waals surface area contributed by atoms with E-state index in [-0.39, 0.29) is 0 Å². The van der Waals surface area contributed by atoms with Crippen LogP contribution in [0.25, 0.3) is 0 Å². The first kappa shape index (κ1) is 12.2. The Morgan fingerprint density at radius 2 is 1.93 bits per heavy atom. The topological polar surface area (TPSA) is 15.3 Å². The van der Waals surface area contributed by atoms with Crippen LogP contribution in [0, 0.1) is 0 Å². The molecule has 0 radical (unpaired) electrons. The van der Waals surface area contributed by atoms with Crippen LogP contribution in [0.4, 0.5) is 0 Å². The summed E-state index contributed by atoms with van der Waals surface area (Å²) in [5.74, 6) is 0. The van der Waals surface area contributed by atoms with Crippen molar-refractivity contribution in [3.8, 4) is 0 Å². The summed E-state index contributed by atoms with van der Waals surface area (Å²) in [6, 6.07) is 8.79. The first-order valence-electron chi connectivity index (χ1n) is 5.65. The van der Waals surface area contributed by atoms with Crippen molar-refractivity contribution in [3.05, 3.63) is 35.4 Å². The molecular formula is C13H22N2. The zero-order valence-corrected chi connectivity index (χ0v) is 10.1. The highest BCUT2D eigenvalue weighted by atomic mass is 15.0. The van der Waals surface area contributed by atoms with Crippen molar-refractivity contribution >= 4 is 0 Å². The summed E-state index contributed by atoms with van der Waals surface area (Å²) in [6.07, 6.45) is 1.19. The Morgan fingerprint density at radius 3 is 2.60 bits per heavy atom. The molecule has 0 saturated heterocycles. The summed E-state index contributed by atoms with van der Waals surface area (Å²) in [5.41, 5.74) is 2.76. The van der Waals surface area contributed by atoms with Gasteiger partial charge in [0.05, 0.1) is 0 Å². The van der Waals surface area contributed by atoms with Crippen LogP contribution in [0.3, 0.4) is 0 Å². The van der Waals surface area contributed by atoms with Gasteiger partial charge in [0.15, 0.2) is 0 Å². The third kappa shape index (κ3) is 4.96. The molecule has 0 aromatic heterocycles. The minimum atomic E-state index is 0.981. The fourth-order valence-corrected chi connectivity index (χ4v) is 1.61. The van der Waals surface area contributed by atoms with Gasteiger partial charge in [0.25, 0.3) is 0 Å². The second-order valence-electron chi connectivity index (χ2n) is 4.23. The highest BCUT2D eigenvalue weighted by molar-refractivity contribution is 5.23. The van der Waals surface area contributed by atoms with E-state index in [0.717, 1.165) is 19.6 Å². The molecule has 2 heteroatoms. The van der Waals surface area contributed by atoms with Crippen LogP contribution in [-0.4, -0.2) is 25.5 Å². The van der Waals surface area contributed by atoms with Crippen molar-refractivity contribution < 1.29 is 0 Å². The van der Waals surface area contributed by atoms with Gasteiger partial charge in [0.2, 0.25) is 0 Å². The standard InChI is InChI=1S/C13H22N2/c1-4-8-14-10-12-6-5-7-13(9-12)11-15(2)3/h5-7,9,14H,4,8,10-11H2,1-3H3. The number of nitrogens with one attached hydrogen (secondary N) is 1. The SMILES string of the molecule is CCCNCc1cccc(CN(C)C)c1. The lowest BCUT2D eigenvalue weighted by Gasteiger charge is -2.11. The number of nitrogens with zero attached hydrogens (tertiary/aromatic N) is 1. The Kier molecular flexibility index (Phi) is 5.37. The molecule has 0 amide bonds. The van der Waals surface area contributed by atoms with E-state index in [1.54, 1.807) is 0 Å². The van der Waals surface area contributed by atoms with Gasteiger partial charge in [-0.1, -0.05) is 31.2 Å². The Hall–Kier alpha value is -0.860. The van der Waals surface area contributed by atoms with E-state index in [0.29, 0.717) is 0 Å². The Balaban J connectivity index is 2.50. The van der Waals surface area contributed by atoms with Gasteiger partial charge in [-0.2, -0.15) is 0 Å². The van der Waals surface area contributed by atoms with Crippen molar-refractivity contribution in [3.63, 3.8) is 0 Å². The lowest BCUT2D eigenvalue weighted by molar-refractivity contribution is 0.402. The normalized spacial score (nSPS) is 10.9. The lowest BCUT2D eigenvalue weighted by Crippen LogP contribution is -2.14. The van der Waals surface area contributed by atoms with E-state index in [2.05, 4.69) is 55.5 Å². The summed E-state index contributed by atoms with van der Waals surface area (Å²) < 4.78 is 0. The van der Waals surface area contributed by atoms with Gasteiger partial charge in [0.1, 0.15) is 0 Å².